The van der Waals surface area contributed by atoms with Gasteiger partial charge in [0.05, 0.1) is 23.4 Å². The van der Waals surface area contributed by atoms with E-state index in [0.717, 1.165) is 5.01 Å². The monoisotopic (exact) mass is 266 g/mol. The fourth-order valence-electron chi connectivity index (χ4n) is 1.65. The van der Waals surface area contributed by atoms with Crippen LogP contribution in [0.1, 0.15) is 17.8 Å². The van der Waals surface area contributed by atoms with Crippen molar-refractivity contribution in [3.05, 3.63) is 34.4 Å². The van der Waals surface area contributed by atoms with Crippen LogP contribution in [0.3, 0.4) is 0 Å². The first kappa shape index (κ1) is 13.0. The van der Waals surface area contributed by atoms with Gasteiger partial charge in [-0.15, -0.1) is 11.3 Å². The van der Waals surface area contributed by atoms with Gasteiger partial charge in [-0.05, 0) is 12.1 Å². The summed E-state index contributed by atoms with van der Waals surface area (Å²) < 4.78 is 19.1. The molecule has 0 aliphatic rings. The van der Waals surface area contributed by atoms with Crippen LogP contribution in [0.25, 0.3) is 11.3 Å². The number of thiazole rings is 1. The van der Waals surface area contributed by atoms with Gasteiger partial charge in [0.2, 0.25) is 0 Å². The molecule has 2 rings (SSSR count). The highest BCUT2D eigenvalue weighted by atomic mass is 32.1. The van der Waals surface area contributed by atoms with Crippen molar-refractivity contribution in [3.63, 3.8) is 0 Å². The quantitative estimate of drug-likeness (QED) is 0.925. The van der Waals surface area contributed by atoms with Crippen molar-refractivity contribution in [1.29, 1.82) is 0 Å². The Kier molecular flexibility index (Phi) is 3.93. The third-order valence-corrected chi connectivity index (χ3v) is 3.82. The SMILES string of the molecule is COc1cccc(F)c1-c1csc(C(C)CN)n1. The first-order valence-electron chi connectivity index (χ1n) is 5.65. The second-order valence-electron chi connectivity index (χ2n) is 4.02. The third-order valence-electron chi connectivity index (χ3n) is 2.75. The smallest absolute Gasteiger partial charge is 0.136 e. The van der Waals surface area contributed by atoms with Crippen molar-refractivity contribution in [2.75, 3.05) is 13.7 Å². The zero-order valence-electron chi connectivity index (χ0n) is 10.3. The minimum atomic E-state index is -0.327. The Morgan fingerprint density at radius 2 is 2.28 bits per heavy atom. The van der Waals surface area contributed by atoms with Crippen molar-refractivity contribution in [1.82, 2.24) is 4.98 Å². The summed E-state index contributed by atoms with van der Waals surface area (Å²) in [7, 11) is 1.52. The molecule has 0 bridgehead atoms. The Morgan fingerprint density at radius 3 is 2.94 bits per heavy atom. The second kappa shape index (κ2) is 5.46. The summed E-state index contributed by atoms with van der Waals surface area (Å²) >= 11 is 1.49. The Labute approximate surface area is 109 Å². The fourth-order valence-corrected chi connectivity index (χ4v) is 2.54. The number of nitrogens with zero attached hydrogens (tertiary/aromatic N) is 1. The van der Waals surface area contributed by atoms with E-state index in [1.54, 1.807) is 12.1 Å². The van der Waals surface area contributed by atoms with Crippen molar-refractivity contribution >= 4 is 11.3 Å². The standard InChI is InChI=1S/C13H15FN2OS/c1-8(6-15)13-16-10(7-18-13)12-9(14)4-3-5-11(12)17-2/h3-5,7-8H,6,15H2,1-2H3. The van der Waals surface area contributed by atoms with Gasteiger partial charge in [-0.25, -0.2) is 9.37 Å². The molecule has 0 aliphatic heterocycles. The Hall–Kier alpha value is -1.46. The highest BCUT2D eigenvalue weighted by Crippen LogP contribution is 2.34. The normalized spacial score (nSPS) is 12.4. The van der Waals surface area contributed by atoms with E-state index in [9.17, 15) is 4.39 Å². The summed E-state index contributed by atoms with van der Waals surface area (Å²) in [5.74, 6) is 0.348. The number of rotatable bonds is 4. The number of hydrogen-bond acceptors (Lipinski definition) is 4. The van der Waals surface area contributed by atoms with Gasteiger partial charge >= 0.3 is 0 Å². The largest absolute Gasteiger partial charge is 0.496 e. The van der Waals surface area contributed by atoms with Gasteiger partial charge in [-0.3, -0.25) is 0 Å². The lowest BCUT2D eigenvalue weighted by Crippen LogP contribution is -2.08. The lowest BCUT2D eigenvalue weighted by molar-refractivity contribution is 0.413. The van der Waals surface area contributed by atoms with Crippen LogP contribution in [-0.2, 0) is 0 Å². The molecule has 1 aromatic heterocycles. The van der Waals surface area contributed by atoms with Crippen LogP contribution in [0.15, 0.2) is 23.6 Å². The number of aromatic nitrogens is 1. The minimum absolute atomic E-state index is 0.182. The summed E-state index contributed by atoms with van der Waals surface area (Å²) in [5, 5.41) is 2.75. The van der Waals surface area contributed by atoms with Crippen molar-refractivity contribution in [2.45, 2.75) is 12.8 Å². The molecule has 2 N–H and O–H groups in total. The fraction of sp³-hybridized carbons (Fsp3) is 0.308. The first-order chi connectivity index (χ1) is 8.67. The number of ether oxygens (including phenoxy) is 1. The molecule has 1 unspecified atom stereocenters. The molecule has 0 amide bonds. The first-order valence-corrected chi connectivity index (χ1v) is 6.53. The maximum Gasteiger partial charge on any atom is 0.136 e. The summed E-state index contributed by atoms with van der Waals surface area (Å²) in [4.78, 5) is 4.44. The van der Waals surface area contributed by atoms with Crippen LogP contribution >= 0.6 is 11.3 Å². The van der Waals surface area contributed by atoms with Gasteiger partial charge < -0.3 is 10.5 Å². The van der Waals surface area contributed by atoms with E-state index in [1.165, 1.54) is 24.5 Å². The molecule has 2 aromatic rings. The Morgan fingerprint density at radius 1 is 1.50 bits per heavy atom. The molecule has 3 nitrogen and oxygen atoms in total. The number of halogens is 1. The molecule has 96 valence electrons. The van der Waals surface area contributed by atoms with E-state index in [-0.39, 0.29) is 11.7 Å². The highest BCUT2D eigenvalue weighted by molar-refractivity contribution is 7.10. The number of benzene rings is 1. The lowest BCUT2D eigenvalue weighted by Gasteiger charge is -2.07. The van der Waals surface area contributed by atoms with E-state index >= 15 is 0 Å². The van der Waals surface area contributed by atoms with E-state index in [2.05, 4.69) is 4.98 Å². The van der Waals surface area contributed by atoms with Crippen LogP contribution in [0.5, 0.6) is 5.75 Å². The van der Waals surface area contributed by atoms with Gasteiger partial charge in [0.15, 0.2) is 0 Å². The van der Waals surface area contributed by atoms with Gasteiger partial charge in [0.1, 0.15) is 11.6 Å². The molecule has 0 fully saturated rings. The summed E-state index contributed by atoms with van der Waals surface area (Å²) in [5.41, 5.74) is 6.62. The number of methoxy groups -OCH3 is 1. The molecule has 5 heteroatoms. The average molecular weight is 266 g/mol. The molecule has 0 radical (unpaired) electrons. The van der Waals surface area contributed by atoms with E-state index in [1.807, 2.05) is 12.3 Å². The molecular formula is C13H15FN2OS. The van der Waals surface area contributed by atoms with Crippen LogP contribution in [0.2, 0.25) is 0 Å². The van der Waals surface area contributed by atoms with Crippen molar-refractivity contribution < 1.29 is 9.13 Å². The molecule has 0 aliphatic carbocycles. The minimum Gasteiger partial charge on any atom is -0.496 e. The molecule has 1 heterocycles. The topological polar surface area (TPSA) is 48.1 Å². The molecule has 1 aromatic carbocycles. The van der Waals surface area contributed by atoms with E-state index in [0.29, 0.717) is 23.6 Å². The van der Waals surface area contributed by atoms with Crippen LogP contribution in [-0.4, -0.2) is 18.6 Å². The molecule has 18 heavy (non-hydrogen) atoms. The predicted molar refractivity (Wildman–Crippen MR) is 71.5 cm³/mol. The van der Waals surface area contributed by atoms with Crippen LogP contribution < -0.4 is 10.5 Å². The number of hydrogen-bond donors (Lipinski definition) is 1. The Balaban J connectivity index is 2.46. The van der Waals surface area contributed by atoms with E-state index in [4.69, 9.17) is 10.5 Å². The van der Waals surface area contributed by atoms with Gasteiger partial charge in [0, 0.05) is 17.8 Å². The Bertz CT molecular complexity index is 542. The molecule has 0 saturated carbocycles. The zero-order chi connectivity index (χ0) is 13.1. The lowest BCUT2D eigenvalue weighted by atomic mass is 10.1. The summed E-state index contributed by atoms with van der Waals surface area (Å²) in [6, 6.07) is 4.75. The predicted octanol–water partition coefficient (Wildman–Crippen LogP) is 3.02. The molecule has 0 spiro atoms. The summed E-state index contributed by atoms with van der Waals surface area (Å²) in [6.07, 6.45) is 0. The molecular weight excluding hydrogens is 251 g/mol. The number of nitrogens with two attached hydrogens (primary N) is 1. The van der Waals surface area contributed by atoms with Gasteiger partial charge in [0.25, 0.3) is 0 Å². The maximum atomic E-state index is 13.9. The van der Waals surface area contributed by atoms with E-state index < -0.39 is 0 Å². The molecule has 0 saturated heterocycles. The van der Waals surface area contributed by atoms with Crippen molar-refractivity contribution in [3.8, 4) is 17.0 Å². The van der Waals surface area contributed by atoms with Gasteiger partial charge in [-0.1, -0.05) is 13.0 Å². The summed E-state index contributed by atoms with van der Waals surface area (Å²) in [6.45, 7) is 2.53. The third kappa shape index (κ3) is 2.37. The average Bonchev–Trinajstić information content (AvgIpc) is 2.86. The zero-order valence-corrected chi connectivity index (χ0v) is 11.1. The maximum absolute atomic E-state index is 13.9. The highest BCUT2D eigenvalue weighted by Gasteiger charge is 2.16. The van der Waals surface area contributed by atoms with Crippen LogP contribution in [0.4, 0.5) is 4.39 Å². The molecule has 1 atom stereocenters. The van der Waals surface area contributed by atoms with Crippen molar-refractivity contribution in [2.24, 2.45) is 5.73 Å². The second-order valence-corrected chi connectivity index (χ2v) is 4.91. The van der Waals surface area contributed by atoms with Gasteiger partial charge in [-0.2, -0.15) is 0 Å². The van der Waals surface area contributed by atoms with Crippen LogP contribution in [0, 0.1) is 5.82 Å².